The van der Waals surface area contributed by atoms with E-state index in [-0.39, 0.29) is 17.1 Å². The third kappa shape index (κ3) is 5.35. The normalized spacial score (nSPS) is 11.6. The summed E-state index contributed by atoms with van der Waals surface area (Å²) in [5, 5.41) is 13.3. The van der Waals surface area contributed by atoms with Gasteiger partial charge in [-0.05, 0) is 36.6 Å². The molecule has 0 saturated heterocycles. The Balaban J connectivity index is 2.56. The molecule has 0 atom stereocenters. The van der Waals surface area contributed by atoms with Gasteiger partial charge in [-0.15, -0.1) is 0 Å². The van der Waals surface area contributed by atoms with Crippen LogP contribution in [0.25, 0.3) is 6.08 Å². The molecule has 21 heavy (non-hydrogen) atoms. The first-order valence-electron chi connectivity index (χ1n) is 6.89. The molecule has 0 unspecified atom stereocenters. The number of carbonyl (C=O) groups is 1. The lowest BCUT2D eigenvalue weighted by Crippen LogP contribution is -2.48. The highest BCUT2D eigenvalue weighted by Gasteiger charge is 2.20. The van der Waals surface area contributed by atoms with E-state index in [0.717, 1.165) is 18.4 Å². The third-order valence-electron chi connectivity index (χ3n) is 3.55. The van der Waals surface area contributed by atoms with Crippen molar-refractivity contribution in [2.75, 3.05) is 6.54 Å². The molecule has 1 amide bonds. The van der Waals surface area contributed by atoms with E-state index in [1.54, 1.807) is 18.2 Å². The van der Waals surface area contributed by atoms with E-state index in [9.17, 15) is 14.9 Å². The number of hydrogen-bond donors (Lipinski definition) is 2. The second-order valence-corrected chi connectivity index (χ2v) is 4.97. The molecule has 114 valence electrons. The molecule has 0 saturated carbocycles. The lowest BCUT2D eigenvalue weighted by atomic mass is 9.94. The van der Waals surface area contributed by atoms with E-state index in [1.807, 2.05) is 13.8 Å². The molecule has 0 bridgehead atoms. The average molecular weight is 291 g/mol. The summed E-state index contributed by atoms with van der Waals surface area (Å²) in [7, 11) is 0. The predicted molar refractivity (Wildman–Crippen MR) is 82.6 cm³/mol. The van der Waals surface area contributed by atoms with Crippen molar-refractivity contribution >= 4 is 17.7 Å². The SMILES string of the molecule is CCC(N)(CC)CNC(=O)/C=C/c1ccc([N+](=O)[O-])cc1. The van der Waals surface area contributed by atoms with Crippen LogP contribution in [0.3, 0.4) is 0 Å². The molecule has 6 nitrogen and oxygen atoms in total. The number of nitrogens with zero attached hydrogens (tertiary/aromatic N) is 1. The molecule has 1 rings (SSSR count). The highest BCUT2D eigenvalue weighted by atomic mass is 16.6. The van der Waals surface area contributed by atoms with Gasteiger partial charge in [0.15, 0.2) is 0 Å². The molecule has 0 spiro atoms. The van der Waals surface area contributed by atoms with Gasteiger partial charge < -0.3 is 11.1 Å². The van der Waals surface area contributed by atoms with Crippen molar-refractivity contribution < 1.29 is 9.72 Å². The Bertz CT molecular complexity index is 519. The summed E-state index contributed by atoms with van der Waals surface area (Å²) in [6.45, 7) is 4.40. The number of rotatable bonds is 7. The minimum Gasteiger partial charge on any atom is -0.351 e. The van der Waals surface area contributed by atoms with Crippen LogP contribution in [0.1, 0.15) is 32.3 Å². The smallest absolute Gasteiger partial charge is 0.269 e. The van der Waals surface area contributed by atoms with Crippen molar-refractivity contribution in [1.29, 1.82) is 0 Å². The first kappa shape index (κ1) is 16.8. The number of nitro groups is 1. The van der Waals surface area contributed by atoms with Crippen molar-refractivity contribution in [3.05, 3.63) is 46.0 Å². The van der Waals surface area contributed by atoms with Crippen LogP contribution in [0.15, 0.2) is 30.3 Å². The fraction of sp³-hybridized carbons (Fsp3) is 0.400. The van der Waals surface area contributed by atoms with Gasteiger partial charge >= 0.3 is 0 Å². The summed E-state index contributed by atoms with van der Waals surface area (Å²) in [5.74, 6) is -0.231. The van der Waals surface area contributed by atoms with Gasteiger partial charge in [-0.25, -0.2) is 0 Å². The minimum absolute atomic E-state index is 0.0235. The van der Waals surface area contributed by atoms with Crippen LogP contribution in [-0.4, -0.2) is 22.9 Å². The van der Waals surface area contributed by atoms with Gasteiger partial charge in [0.2, 0.25) is 5.91 Å². The van der Waals surface area contributed by atoms with E-state index in [0.29, 0.717) is 6.54 Å². The Morgan fingerprint density at radius 3 is 2.38 bits per heavy atom. The Hall–Kier alpha value is -2.21. The van der Waals surface area contributed by atoms with E-state index in [4.69, 9.17) is 5.73 Å². The maximum absolute atomic E-state index is 11.7. The number of nitro benzene ring substituents is 1. The van der Waals surface area contributed by atoms with Gasteiger partial charge in [-0.2, -0.15) is 0 Å². The van der Waals surface area contributed by atoms with E-state index >= 15 is 0 Å². The molecule has 0 radical (unpaired) electrons. The zero-order chi connectivity index (χ0) is 15.9. The van der Waals surface area contributed by atoms with Gasteiger partial charge in [0.25, 0.3) is 5.69 Å². The van der Waals surface area contributed by atoms with E-state index < -0.39 is 4.92 Å². The van der Waals surface area contributed by atoms with Crippen molar-refractivity contribution in [2.45, 2.75) is 32.2 Å². The Kier molecular flexibility index (Phi) is 6.05. The Morgan fingerprint density at radius 2 is 1.90 bits per heavy atom. The molecule has 1 aromatic carbocycles. The zero-order valence-corrected chi connectivity index (χ0v) is 12.3. The molecular weight excluding hydrogens is 270 g/mol. The van der Waals surface area contributed by atoms with Crippen LogP contribution < -0.4 is 11.1 Å². The molecule has 0 aromatic heterocycles. The van der Waals surface area contributed by atoms with Gasteiger partial charge in [-0.3, -0.25) is 14.9 Å². The summed E-state index contributed by atoms with van der Waals surface area (Å²) in [6, 6.07) is 5.98. The molecule has 6 heteroatoms. The van der Waals surface area contributed by atoms with Crippen molar-refractivity contribution in [2.24, 2.45) is 5.73 Å². The number of nitrogens with one attached hydrogen (secondary N) is 1. The topological polar surface area (TPSA) is 98.3 Å². The summed E-state index contributed by atoms with van der Waals surface area (Å²) >= 11 is 0. The van der Waals surface area contributed by atoms with Gasteiger partial charge in [0.05, 0.1) is 4.92 Å². The molecule has 0 aliphatic carbocycles. The fourth-order valence-electron chi connectivity index (χ4n) is 1.70. The minimum atomic E-state index is -0.462. The lowest BCUT2D eigenvalue weighted by Gasteiger charge is -2.26. The standard InChI is InChI=1S/C15H21N3O3/c1-3-15(16,4-2)11-17-14(19)10-7-12-5-8-13(9-6-12)18(20)21/h5-10H,3-4,11,16H2,1-2H3,(H,17,19)/b10-7+. The fourth-order valence-corrected chi connectivity index (χ4v) is 1.70. The number of nitrogens with two attached hydrogens (primary N) is 1. The molecule has 3 N–H and O–H groups in total. The van der Waals surface area contributed by atoms with Crippen molar-refractivity contribution in [3.63, 3.8) is 0 Å². The summed E-state index contributed by atoms with van der Waals surface area (Å²) < 4.78 is 0. The average Bonchev–Trinajstić information content (AvgIpc) is 2.51. The molecule has 1 aromatic rings. The lowest BCUT2D eigenvalue weighted by molar-refractivity contribution is -0.384. The number of benzene rings is 1. The zero-order valence-electron chi connectivity index (χ0n) is 12.3. The monoisotopic (exact) mass is 291 g/mol. The van der Waals surface area contributed by atoms with Crippen molar-refractivity contribution in [3.8, 4) is 0 Å². The largest absolute Gasteiger partial charge is 0.351 e. The van der Waals surface area contributed by atoms with Crippen molar-refractivity contribution in [1.82, 2.24) is 5.32 Å². The Morgan fingerprint density at radius 1 is 1.33 bits per heavy atom. The molecule has 0 heterocycles. The number of carbonyl (C=O) groups excluding carboxylic acids is 1. The van der Waals surface area contributed by atoms with Crippen LogP contribution in [0.5, 0.6) is 0 Å². The van der Waals surface area contributed by atoms with E-state index in [2.05, 4.69) is 5.32 Å². The maximum Gasteiger partial charge on any atom is 0.269 e. The predicted octanol–water partition coefficient (Wildman–Crippen LogP) is 2.24. The highest BCUT2D eigenvalue weighted by molar-refractivity contribution is 5.91. The van der Waals surface area contributed by atoms with Crippen LogP contribution in [0.2, 0.25) is 0 Å². The number of hydrogen-bond acceptors (Lipinski definition) is 4. The molecular formula is C15H21N3O3. The summed E-state index contributed by atoms with van der Waals surface area (Å²) in [6.07, 6.45) is 4.58. The van der Waals surface area contributed by atoms with Gasteiger partial charge in [0, 0.05) is 30.3 Å². The summed E-state index contributed by atoms with van der Waals surface area (Å²) in [5.41, 5.74) is 6.46. The first-order chi connectivity index (χ1) is 9.90. The summed E-state index contributed by atoms with van der Waals surface area (Å²) in [4.78, 5) is 21.8. The first-order valence-corrected chi connectivity index (χ1v) is 6.89. The highest BCUT2D eigenvalue weighted by Crippen LogP contribution is 2.13. The number of amides is 1. The Labute approximate surface area is 124 Å². The van der Waals surface area contributed by atoms with Crippen LogP contribution in [0.4, 0.5) is 5.69 Å². The second-order valence-electron chi connectivity index (χ2n) is 4.97. The molecule has 0 aliphatic rings. The molecule has 0 aliphatic heterocycles. The van der Waals surface area contributed by atoms with E-state index in [1.165, 1.54) is 18.2 Å². The number of non-ortho nitro benzene ring substituents is 1. The van der Waals surface area contributed by atoms with Crippen LogP contribution in [-0.2, 0) is 4.79 Å². The van der Waals surface area contributed by atoms with Gasteiger partial charge in [0.1, 0.15) is 0 Å². The molecule has 0 fully saturated rings. The third-order valence-corrected chi connectivity index (χ3v) is 3.55. The van der Waals surface area contributed by atoms with Crippen LogP contribution in [0, 0.1) is 10.1 Å². The quantitative estimate of drug-likeness (QED) is 0.457. The second kappa shape index (κ2) is 7.54. The van der Waals surface area contributed by atoms with Gasteiger partial charge in [-0.1, -0.05) is 13.8 Å². The maximum atomic E-state index is 11.7. The van der Waals surface area contributed by atoms with Crippen LogP contribution >= 0.6 is 0 Å².